The van der Waals surface area contributed by atoms with Crippen molar-refractivity contribution in [3.05, 3.63) is 35.9 Å². The number of ether oxygens (including phenoxy) is 5. The lowest BCUT2D eigenvalue weighted by molar-refractivity contribution is -0.341. The van der Waals surface area contributed by atoms with Gasteiger partial charge in [0.15, 0.2) is 18.7 Å². The second-order valence-electron chi connectivity index (χ2n) is 6.53. The van der Waals surface area contributed by atoms with Crippen LogP contribution in [0, 0.1) is 0 Å². The van der Waals surface area contributed by atoms with Gasteiger partial charge in [0.1, 0.15) is 18.2 Å². The molecular formula is C18H20Cl3NO7. The molecule has 0 aromatic heterocycles. The first-order valence-electron chi connectivity index (χ1n) is 8.76. The fourth-order valence-electron chi connectivity index (χ4n) is 3.27. The van der Waals surface area contributed by atoms with Gasteiger partial charge < -0.3 is 29.0 Å². The lowest BCUT2D eigenvalue weighted by Gasteiger charge is -2.48. The third-order valence-electron chi connectivity index (χ3n) is 4.50. The Labute approximate surface area is 182 Å². The number of carbonyl (C=O) groups is 2. The van der Waals surface area contributed by atoms with Crippen LogP contribution in [-0.4, -0.2) is 60.0 Å². The molecule has 0 spiro atoms. The number of hydrogen-bond acceptors (Lipinski definition) is 7. The highest BCUT2D eigenvalue weighted by Crippen LogP contribution is 2.36. The first-order valence-corrected chi connectivity index (χ1v) is 9.89. The molecule has 2 aliphatic rings. The number of benzene rings is 1. The molecule has 1 aromatic carbocycles. The lowest BCUT2D eigenvalue weighted by Crippen LogP contribution is -2.68. The Morgan fingerprint density at radius 3 is 2.45 bits per heavy atom. The lowest BCUT2D eigenvalue weighted by atomic mass is 9.95. The summed E-state index contributed by atoms with van der Waals surface area (Å²) in [7, 11) is 1.38. The van der Waals surface area contributed by atoms with E-state index in [0.717, 1.165) is 5.56 Å². The van der Waals surface area contributed by atoms with Crippen molar-refractivity contribution in [1.82, 2.24) is 5.32 Å². The third-order valence-corrected chi connectivity index (χ3v) is 5.02. The number of alkyl halides is 3. The number of rotatable bonds is 4. The molecule has 29 heavy (non-hydrogen) atoms. The van der Waals surface area contributed by atoms with E-state index < -0.39 is 52.6 Å². The summed E-state index contributed by atoms with van der Waals surface area (Å²) in [6, 6.07) is 8.26. The Balaban J connectivity index is 1.87. The fourth-order valence-corrected chi connectivity index (χ4v) is 3.43. The summed E-state index contributed by atoms with van der Waals surface area (Å²) >= 11 is 17.0. The molecule has 2 saturated heterocycles. The summed E-state index contributed by atoms with van der Waals surface area (Å²) < 4.78 is 26.2. The van der Waals surface area contributed by atoms with Crippen LogP contribution in [0.5, 0.6) is 0 Å². The van der Waals surface area contributed by atoms with Crippen LogP contribution >= 0.6 is 34.8 Å². The van der Waals surface area contributed by atoms with E-state index in [2.05, 4.69) is 5.32 Å². The minimum atomic E-state index is -2.22. The highest BCUT2D eigenvalue weighted by Gasteiger charge is 2.53. The molecule has 6 unspecified atom stereocenters. The SMILES string of the molecule is COC1OC2COC(c3ccccc3)OC2C(OC(C)=O)C1NC(=O)C(Cl)(Cl)Cl. The van der Waals surface area contributed by atoms with E-state index in [-0.39, 0.29) is 6.61 Å². The van der Waals surface area contributed by atoms with Crippen molar-refractivity contribution in [3.8, 4) is 0 Å². The number of nitrogens with one attached hydrogen (secondary N) is 1. The van der Waals surface area contributed by atoms with Gasteiger partial charge >= 0.3 is 5.97 Å². The van der Waals surface area contributed by atoms with Crippen LogP contribution in [0.4, 0.5) is 0 Å². The van der Waals surface area contributed by atoms with E-state index >= 15 is 0 Å². The Kier molecular flexibility index (Phi) is 7.27. The molecule has 3 rings (SSSR count). The molecule has 0 saturated carbocycles. The monoisotopic (exact) mass is 467 g/mol. The maximum absolute atomic E-state index is 12.2. The van der Waals surface area contributed by atoms with Crippen molar-refractivity contribution in [2.24, 2.45) is 0 Å². The molecule has 2 heterocycles. The van der Waals surface area contributed by atoms with E-state index in [4.69, 9.17) is 58.5 Å². The second kappa shape index (κ2) is 9.34. The van der Waals surface area contributed by atoms with Gasteiger partial charge in [0.05, 0.1) is 6.61 Å². The van der Waals surface area contributed by atoms with Crippen LogP contribution < -0.4 is 5.32 Å². The summed E-state index contributed by atoms with van der Waals surface area (Å²) in [6.45, 7) is 1.40. The molecule has 0 bridgehead atoms. The first-order chi connectivity index (χ1) is 13.7. The number of methoxy groups -OCH3 is 1. The van der Waals surface area contributed by atoms with Gasteiger partial charge in [-0.2, -0.15) is 0 Å². The minimum Gasteiger partial charge on any atom is -0.457 e. The average Bonchev–Trinajstić information content (AvgIpc) is 2.68. The summed E-state index contributed by atoms with van der Waals surface area (Å²) in [5, 5.41) is 2.52. The standard InChI is InChI=1S/C18H20Cl3NO7/c1-9(23)27-14-12(22-17(24)18(19,20)21)16(25-2)28-11-8-26-15(29-13(11)14)10-6-4-3-5-7-10/h3-7,11-16H,8H2,1-2H3,(H,22,24). The van der Waals surface area contributed by atoms with Crippen molar-refractivity contribution < 1.29 is 33.3 Å². The Hall–Kier alpha value is -1.13. The number of hydrogen-bond donors (Lipinski definition) is 1. The predicted molar refractivity (Wildman–Crippen MR) is 103 cm³/mol. The third kappa shape index (κ3) is 5.32. The zero-order valence-electron chi connectivity index (χ0n) is 15.5. The van der Waals surface area contributed by atoms with Gasteiger partial charge in [-0.3, -0.25) is 9.59 Å². The van der Waals surface area contributed by atoms with Crippen LogP contribution in [0.15, 0.2) is 30.3 Å². The molecule has 8 nitrogen and oxygen atoms in total. The molecule has 2 aliphatic heterocycles. The second-order valence-corrected chi connectivity index (χ2v) is 8.81. The molecule has 0 radical (unpaired) electrons. The predicted octanol–water partition coefficient (Wildman–Crippen LogP) is 2.26. The van der Waals surface area contributed by atoms with Gasteiger partial charge in [0.25, 0.3) is 9.70 Å². The smallest absolute Gasteiger partial charge is 0.303 e. The van der Waals surface area contributed by atoms with Crippen LogP contribution in [-0.2, 0) is 33.3 Å². The van der Waals surface area contributed by atoms with E-state index in [0.29, 0.717) is 0 Å². The fraction of sp³-hybridized carbons (Fsp3) is 0.556. The van der Waals surface area contributed by atoms with Crippen LogP contribution in [0.3, 0.4) is 0 Å². The summed E-state index contributed by atoms with van der Waals surface area (Å²) in [5.41, 5.74) is 0.781. The molecule has 11 heteroatoms. The minimum absolute atomic E-state index is 0.160. The zero-order chi connectivity index (χ0) is 21.2. The average molecular weight is 469 g/mol. The quantitative estimate of drug-likeness (QED) is 0.535. The summed E-state index contributed by atoms with van der Waals surface area (Å²) in [6.07, 6.45) is -4.03. The van der Waals surface area contributed by atoms with Gasteiger partial charge in [0, 0.05) is 19.6 Å². The highest BCUT2D eigenvalue weighted by atomic mass is 35.6. The molecule has 160 valence electrons. The first kappa shape index (κ1) is 22.6. The normalized spacial score (nSPS) is 32.2. The number of halogens is 3. The largest absolute Gasteiger partial charge is 0.457 e. The molecular weight excluding hydrogens is 449 g/mol. The molecule has 0 aliphatic carbocycles. The van der Waals surface area contributed by atoms with Gasteiger partial charge in [0.2, 0.25) is 0 Å². The molecule has 6 atom stereocenters. The van der Waals surface area contributed by atoms with Crippen LogP contribution in [0.1, 0.15) is 18.8 Å². The highest BCUT2D eigenvalue weighted by molar-refractivity contribution is 6.76. The topological polar surface area (TPSA) is 92.3 Å². The maximum atomic E-state index is 12.2. The molecule has 1 amide bonds. The number of esters is 1. The maximum Gasteiger partial charge on any atom is 0.303 e. The van der Waals surface area contributed by atoms with Crippen molar-refractivity contribution in [2.75, 3.05) is 13.7 Å². The zero-order valence-corrected chi connectivity index (χ0v) is 17.8. The van der Waals surface area contributed by atoms with Crippen LogP contribution in [0.2, 0.25) is 0 Å². The van der Waals surface area contributed by atoms with Crippen molar-refractivity contribution in [2.45, 2.75) is 47.7 Å². The Morgan fingerprint density at radius 2 is 1.86 bits per heavy atom. The number of fused-ring (bicyclic) bond motifs is 1. The van der Waals surface area contributed by atoms with Gasteiger partial charge in [-0.05, 0) is 0 Å². The summed E-state index contributed by atoms with van der Waals surface area (Å²) in [5.74, 6) is -1.49. The molecule has 1 aromatic rings. The van der Waals surface area contributed by atoms with E-state index in [1.165, 1.54) is 14.0 Å². The van der Waals surface area contributed by atoms with Gasteiger partial charge in [-0.1, -0.05) is 65.1 Å². The van der Waals surface area contributed by atoms with E-state index in [1.807, 2.05) is 30.3 Å². The van der Waals surface area contributed by atoms with Crippen molar-refractivity contribution in [1.29, 1.82) is 0 Å². The summed E-state index contributed by atoms with van der Waals surface area (Å²) in [4.78, 5) is 24.0. The van der Waals surface area contributed by atoms with E-state index in [1.54, 1.807) is 0 Å². The molecule has 1 N–H and O–H groups in total. The number of carbonyl (C=O) groups excluding carboxylic acids is 2. The van der Waals surface area contributed by atoms with Gasteiger partial charge in [-0.15, -0.1) is 0 Å². The van der Waals surface area contributed by atoms with Gasteiger partial charge in [-0.25, -0.2) is 0 Å². The Bertz CT molecular complexity index is 730. The Morgan fingerprint density at radius 1 is 1.17 bits per heavy atom. The van der Waals surface area contributed by atoms with Crippen molar-refractivity contribution >= 4 is 46.7 Å². The molecule has 2 fully saturated rings. The van der Waals surface area contributed by atoms with Crippen LogP contribution in [0.25, 0.3) is 0 Å². The van der Waals surface area contributed by atoms with E-state index in [9.17, 15) is 9.59 Å². The van der Waals surface area contributed by atoms with Crippen molar-refractivity contribution in [3.63, 3.8) is 0 Å². The number of amides is 1.